The average molecular weight is 311 g/mol. The Labute approximate surface area is 128 Å². The number of aliphatic hydroxyl groups is 1. The van der Waals surface area contributed by atoms with E-state index in [1.807, 2.05) is 31.3 Å². The van der Waals surface area contributed by atoms with E-state index in [2.05, 4.69) is 16.0 Å². The van der Waals surface area contributed by atoms with Crippen molar-refractivity contribution in [1.82, 2.24) is 9.88 Å². The first-order chi connectivity index (χ1) is 9.67. The van der Waals surface area contributed by atoms with Crippen LogP contribution in [-0.4, -0.2) is 28.1 Å². The van der Waals surface area contributed by atoms with E-state index in [1.54, 1.807) is 11.3 Å². The third-order valence-electron chi connectivity index (χ3n) is 2.98. The van der Waals surface area contributed by atoms with Crippen LogP contribution in [0.15, 0.2) is 30.5 Å². The normalized spacial score (nSPS) is 11.2. The van der Waals surface area contributed by atoms with Gasteiger partial charge in [0.15, 0.2) is 0 Å². The van der Waals surface area contributed by atoms with Gasteiger partial charge in [-0.05, 0) is 31.0 Å². The molecular formula is C15H19ClN2OS. The molecular weight excluding hydrogens is 292 g/mol. The van der Waals surface area contributed by atoms with Crippen molar-refractivity contribution in [2.24, 2.45) is 0 Å². The van der Waals surface area contributed by atoms with Crippen LogP contribution in [0.1, 0.15) is 21.9 Å². The molecule has 5 heteroatoms. The molecule has 0 amide bonds. The van der Waals surface area contributed by atoms with Crippen LogP contribution in [0.5, 0.6) is 0 Å². The predicted molar refractivity (Wildman–Crippen MR) is 84.1 cm³/mol. The molecule has 0 radical (unpaired) electrons. The number of aromatic nitrogens is 1. The number of thiazole rings is 1. The van der Waals surface area contributed by atoms with Crippen LogP contribution in [0.3, 0.4) is 0 Å². The molecule has 0 atom stereocenters. The maximum absolute atomic E-state index is 9.04. The van der Waals surface area contributed by atoms with Crippen LogP contribution < -0.4 is 0 Å². The maximum atomic E-state index is 9.04. The highest BCUT2D eigenvalue weighted by atomic mass is 35.5. The SMILES string of the molecule is Cc1ncc(CN(CCCO)Cc2cccc(Cl)c2)s1. The van der Waals surface area contributed by atoms with Crippen LogP contribution in [0.2, 0.25) is 5.02 Å². The Morgan fingerprint density at radius 2 is 2.20 bits per heavy atom. The Morgan fingerprint density at radius 3 is 2.85 bits per heavy atom. The van der Waals surface area contributed by atoms with Gasteiger partial charge in [0, 0.05) is 42.3 Å². The highest BCUT2D eigenvalue weighted by Gasteiger charge is 2.09. The minimum absolute atomic E-state index is 0.216. The summed E-state index contributed by atoms with van der Waals surface area (Å²) in [7, 11) is 0. The van der Waals surface area contributed by atoms with E-state index in [4.69, 9.17) is 16.7 Å². The standard InChI is InChI=1S/C15H19ClN2OS/c1-12-17-9-15(20-12)11-18(6-3-7-19)10-13-4-2-5-14(16)8-13/h2,4-5,8-9,19H,3,6-7,10-11H2,1H3. The lowest BCUT2D eigenvalue weighted by molar-refractivity contribution is 0.214. The van der Waals surface area contributed by atoms with Crippen molar-refractivity contribution < 1.29 is 5.11 Å². The summed E-state index contributed by atoms with van der Waals surface area (Å²) >= 11 is 7.75. The molecule has 0 aliphatic rings. The fourth-order valence-electron chi connectivity index (χ4n) is 2.10. The lowest BCUT2D eigenvalue weighted by Crippen LogP contribution is -2.24. The third kappa shape index (κ3) is 4.87. The molecule has 3 nitrogen and oxygen atoms in total. The number of aliphatic hydroxyl groups excluding tert-OH is 1. The summed E-state index contributed by atoms with van der Waals surface area (Å²) in [5, 5.41) is 10.9. The van der Waals surface area contributed by atoms with Gasteiger partial charge in [0.1, 0.15) is 0 Å². The van der Waals surface area contributed by atoms with E-state index < -0.39 is 0 Å². The molecule has 0 saturated carbocycles. The minimum Gasteiger partial charge on any atom is -0.396 e. The quantitative estimate of drug-likeness (QED) is 0.850. The fraction of sp³-hybridized carbons (Fsp3) is 0.400. The molecule has 0 spiro atoms. The molecule has 0 aliphatic heterocycles. The zero-order valence-electron chi connectivity index (χ0n) is 11.6. The molecule has 1 aromatic heterocycles. The molecule has 0 saturated heterocycles. The number of aryl methyl sites for hydroxylation is 1. The highest BCUT2D eigenvalue weighted by Crippen LogP contribution is 2.18. The lowest BCUT2D eigenvalue weighted by atomic mass is 10.2. The van der Waals surface area contributed by atoms with E-state index in [0.29, 0.717) is 0 Å². The second-order valence-electron chi connectivity index (χ2n) is 4.76. The zero-order valence-corrected chi connectivity index (χ0v) is 13.1. The van der Waals surface area contributed by atoms with E-state index in [9.17, 15) is 0 Å². The predicted octanol–water partition coefficient (Wildman–Crippen LogP) is 3.49. The number of hydrogen-bond acceptors (Lipinski definition) is 4. The second kappa shape index (κ2) is 7.74. The van der Waals surface area contributed by atoms with Crippen LogP contribution >= 0.6 is 22.9 Å². The van der Waals surface area contributed by atoms with Crippen LogP contribution in [0, 0.1) is 6.92 Å². The number of nitrogens with zero attached hydrogens (tertiary/aromatic N) is 2. The third-order valence-corrected chi connectivity index (χ3v) is 4.11. The molecule has 108 valence electrons. The van der Waals surface area contributed by atoms with Gasteiger partial charge in [-0.1, -0.05) is 23.7 Å². The molecule has 1 aromatic carbocycles. The van der Waals surface area contributed by atoms with E-state index in [0.717, 1.165) is 36.1 Å². The van der Waals surface area contributed by atoms with Crippen molar-refractivity contribution in [1.29, 1.82) is 0 Å². The second-order valence-corrected chi connectivity index (χ2v) is 6.52. The number of benzene rings is 1. The summed E-state index contributed by atoms with van der Waals surface area (Å²) in [6.45, 7) is 4.78. The van der Waals surface area contributed by atoms with Gasteiger partial charge in [-0.15, -0.1) is 11.3 Å². The van der Waals surface area contributed by atoms with Gasteiger partial charge in [0.25, 0.3) is 0 Å². The van der Waals surface area contributed by atoms with E-state index in [-0.39, 0.29) is 6.61 Å². The van der Waals surface area contributed by atoms with Gasteiger partial charge in [-0.3, -0.25) is 4.90 Å². The molecule has 0 unspecified atom stereocenters. The molecule has 0 fully saturated rings. The topological polar surface area (TPSA) is 36.4 Å². The van der Waals surface area contributed by atoms with Crippen molar-refractivity contribution in [3.05, 3.63) is 50.9 Å². The Bertz CT molecular complexity index is 544. The summed E-state index contributed by atoms with van der Waals surface area (Å²) in [5.74, 6) is 0. The summed E-state index contributed by atoms with van der Waals surface area (Å²) in [6, 6.07) is 7.93. The van der Waals surface area contributed by atoms with Crippen LogP contribution in [0.4, 0.5) is 0 Å². The maximum Gasteiger partial charge on any atom is 0.0897 e. The van der Waals surface area contributed by atoms with Gasteiger partial charge in [0.05, 0.1) is 5.01 Å². The molecule has 0 bridgehead atoms. The first kappa shape index (κ1) is 15.4. The summed E-state index contributed by atoms with van der Waals surface area (Å²) in [4.78, 5) is 7.86. The number of hydrogen-bond donors (Lipinski definition) is 1. The zero-order chi connectivity index (χ0) is 14.4. The summed E-state index contributed by atoms with van der Waals surface area (Å²) in [5.41, 5.74) is 1.19. The molecule has 2 rings (SSSR count). The average Bonchev–Trinajstić information content (AvgIpc) is 2.81. The monoisotopic (exact) mass is 310 g/mol. The van der Waals surface area contributed by atoms with Crippen LogP contribution in [0.25, 0.3) is 0 Å². The van der Waals surface area contributed by atoms with Gasteiger partial charge in [-0.25, -0.2) is 4.98 Å². The van der Waals surface area contributed by atoms with Gasteiger partial charge in [0.2, 0.25) is 0 Å². The van der Waals surface area contributed by atoms with E-state index in [1.165, 1.54) is 10.4 Å². The minimum atomic E-state index is 0.216. The smallest absolute Gasteiger partial charge is 0.0897 e. The molecule has 0 aliphatic carbocycles. The first-order valence-electron chi connectivity index (χ1n) is 6.66. The number of rotatable bonds is 7. The van der Waals surface area contributed by atoms with Gasteiger partial charge in [-0.2, -0.15) is 0 Å². The van der Waals surface area contributed by atoms with Crippen molar-refractivity contribution in [2.45, 2.75) is 26.4 Å². The Kier molecular flexibility index (Phi) is 5.98. The van der Waals surface area contributed by atoms with Crippen molar-refractivity contribution in [2.75, 3.05) is 13.2 Å². The van der Waals surface area contributed by atoms with Gasteiger partial charge < -0.3 is 5.11 Å². The van der Waals surface area contributed by atoms with Crippen LogP contribution in [-0.2, 0) is 13.1 Å². The Hall–Kier alpha value is -0.940. The molecule has 1 N–H and O–H groups in total. The van der Waals surface area contributed by atoms with Crippen molar-refractivity contribution in [3.63, 3.8) is 0 Å². The Balaban J connectivity index is 2.02. The van der Waals surface area contributed by atoms with Crippen molar-refractivity contribution in [3.8, 4) is 0 Å². The molecule has 2 aromatic rings. The highest BCUT2D eigenvalue weighted by molar-refractivity contribution is 7.11. The van der Waals surface area contributed by atoms with E-state index >= 15 is 0 Å². The summed E-state index contributed by atoms with van der Waals surface area (Å²) in [6.07, 6.45) is 2.71. The largest absolute Gasteiger partial charge is 0.396 e. The Morgan fingerprint density at radius 1 is 1.35 bits per heavy atom. The molecule has 20 heavy (non-hydrogen) atoms. The lowest BCUT2D eigenvalue weighted by Gasteiger charge is -2.21. The fourth-order valence-corrected chi connectivity index (χ4v) is 3.15. The first-order valence-corrected chi connectivity index (χ1v) is 7.86. The van der Waals surface area contributed by atoms with Gasteiger partial charge >= 0.3 is 0 Å². The summed E-state index contributed by atoms with van der Waals surface area (Å²) < 4.78 is 0. The number of halogens is 1. The van der Waals surface area contributed by atoms with Crippen molar-refractivity contribution >= 4 is 22.9 Å². The molecule has 1 heterocycles.